The molecule has 4 rings (SSSR count). The van der Waals surface area contributed by atoms with E-state index < -0.39 is 17.2 Å². The molecular weight excluding hydrogens is 408 g/mol. The van der Waals surface area contributed by atoms with Crippen molar-refractivity contribution in [2.75, 3.05) is 0 Å². The Labute approximate surface area is 184 Å². The van der Waals surface area contributed by atoms with Gasteiger partial charge in [-0.2, -0.15) is 0 Å². The molecule has 0 fully saturated rings. The van der Waals surface area contributed by atoms with Gasteiger partial charge in [0.15, 0.2) is 0 Å². The van der Waals surface area contributed by atoms with Gasteiger partial charge < -0.3 is 19.0 Å². The minimum absolute atomic E-state index is 0.0305. The van der Waals surface area contributed by atoms with Crippen LogP contribution in [0.3, 0.4) is 0 Å². The minimum atomic E-state index is -0.863. The monoisotopic (exact) mass is 434 g/mol. The predicted molar refractivity (Wildman–Crippen MR) is 124 cm³/mol. The largest absolute Gasteiger partial charge is 0.507 e. The van der Waals surface area contributed by atoms with Crippen molar-refractivity contribution in [3.05, 3.63) is 80.5 Å². The molecule has 0 spiro atoms. The Morgan fingerprint density at radius 2 is 1.19 bits per heavy atom. The van der Waals surface area contributed by atoms with Gasteiger partial charge in [-0.05, 0) is 30.7 Å². The Morgan fingerprint density at radius 1 is 0.719 bits per heavy atom. The molecule has 0 saturated heterocycles. The topological polar surface area (TPSA) is 101 Å². The van der Waals surface area contributed by atoms with Gasteiger partial charge in [0.1, 0.15) is 22.7 Å². The number of aromatic hydroxyl groups is 2. The molecule has 0 unspecified atom stereocenters. The van der Waals surface area contributed by atoms with Crippen LogP contribution >= 0.6 is 0 Å². The second-order valence-corrected chi connectivity index (χ2v) is 8.05. The molecule has 2 aromatic heterocycles. The van der Waals surface area contributed by atoms with Gasteiger partial charge in [-0.25, -0.2) is 9.59 Å². The molecule has 0 aliphatic heterocycles. The molecule has 6 heteroatoms. The number of rotatable bonds is 8. The zero-order valence-electron chi connectivity index (χ0n) is 18.0. The fourth-order valence-corrected chi connectivity index (χ4v) is 4.30. The van der Waals surface area contributed by atoms with Crippen molar-refractivity contribution in [2.24, 2.45) is 0 Å². The molecule has 0 amide bonds. The summed E-state index contributed by atoms with van der Waals surface area (Å²) in [4.78, 5) is 25.9. The summed E-state index contributed by atoms with van der Waals surface area (Å²) in [6, 6.07) is 13.4. The van der Waals surface area contributed by atoms with Gasteiger partial charge in [-0.1, -0.05) is 63.3 Å². The Morgan fingerprint density at radius 3 is 1.69 bits per heavy atom. The van der Waals surface area contributed by atoms with Crippen LogP contribution in [0.5, 0.6) is 11.5 Å². The summed E-state index contributed by atoms with van der Waals surface area (Å²) in [6.45, 7) is 2.12. The van der Waals surface area contributed by atoms with Gasteiger partial charge in [-0.3, -0.25) is 0 Å². The Kier molecular flexibility index (Phi) is 6.30. The molecule has 2 heterocycles. The van der Waals surface area contributed by atoms with E-state index >= 15 is 0 Å². The van der Waals surface area contributed by atoms with Gasteiger partial charge >= 0.3 is 11.3 Å². The number of unbranched alkanes of at least 4 members (excludes halogenated alkanes) is 4. The molecule has 0 radical (unpaired) electrons. The third kappa shape index (κ3) is 4.00. The van der Waals surface area contributed by atoms with E-state index in [0.29, 0.717) is 23.6 Å². The highest BCUT2D eigenvalue weighted by Crippen LogP contribution is 2.40. The smallest absolute Gasteiger partial charge is 0.343 e. The van der Waals surface area contributed by atoms with Crippen LogP contribution in [0.1, 0.15) is 62.5 Å². The lowest BCUT2D eigenvalue weighted by atomic mass is 9.86. The first kappa shape index (κ1) is 21.7. The summed E-state index contributed by atoms with van der Waals surface area (Å²) in [5, 5.41) is 22.8. The van der Waals surface area contributed by atoms with Crippen LogP contribution in [-0.2, 0) is 0 Å². The van der Waals surface area contributed by atoms with Gasteiger partial charge in [-0.15, -0.1) is 0 Å². The van der Waals surface area contributed by atoms with E-state index in [0.717, 1.165) is 25.7 Å². The van der Waals surface area contributed by atoms with E-state index in [1.54, 1.807) is 48.5 Å². The van der Waals surface area contributed by atoms with Crippen molar-refractivity contribution in [3.8, 4) is 11.5 Å². The molecule has 166 valence electrons. The molecule has 0 aliphatic carbocycles. The van der Waals surface area contributed by atoms with Crippen LogP contribution in [0.4, 0.5) is 0 Å². The van der Waals surface area contributed by atoms with Crippen molar-refractivity contribution in [1.29, 1.82) is 0 Å². The zero-order valence-corrected chi connectivity index (χ0v) is 18.0. The van der Waals surface area contributed by atoms with Crippen molar-refractivity contribution in [1.82, 2.24) is 0 Å². The molecule has 4 aromatic rings. The number of benzene rings is 2. The maximum atomic E-state index is 12.9. The second kappa shape index (κ2) is 9.30. The average molecular weight is 434 g/mol. The third-order valence-electron chi connectivity index (χ3n) is 5.93. The molecule has 0 bridgehead atoms. The maximum Gasteiger partial charge on any atom is 0.343 e. The molecule has 0 atom stereocenters. The normalized spacial score (nSPS) is 11.6. The summed E-state index contributed by atoms with van der Waals surface area (Å²) >= 11 is 0. The highest BCUT2D eigenvalue weighted by molar-refractivity contribution is 5.86. The number of para-hydroxylation sites is 2. The van der Waals surface area contributed by atoms with E-state index in [-0.39, 0.29) is 33.8 Å². The van der Waals surface area contributed by atoms with Crippen LogP contribution < -0.4 is 11.3 Å². The average Bonchev–Trinajstić information content (AvgIpc) is 2.78. The highest BCUT2D eigenvalue weighted by atomic mass is 16.4. The lowest BCUT2D eigenvalue weighted by molar-refractivity contribution is 0.426. The first-order valence-corrected chi connectivity index (χ1v) is 11.0. The number of fused-ring (bicyclic) bond motifs is 2. The van der Waals surface area contributed by atoms with Gasteiger partial charge in [0, 0.05) is 5.92 Å². The van der Waals surface area contributed by atoms with E-state index in [2.05, 4.69) is 6.92 Å². The fraction of sp³-hybridized carbons (Fsp3) is 0.308. The van der Waals surface area contributed by atoms with Crippen molar-refractivity contribution in [3.63, 3.8) is 0 Å². The molecule has 6 nitrogen and oxygen atoms in total. The van der Waals surface area contributed by atoms with E-state index in [1.165, 1.54) is 0 Å². The van der Waals surface area contributed by atoms with Crippen LogP contribution in [0.25, 0.3) is 21.9 Å². The summed E-state index contributed by atoms with van der Waals surface area (Å²) in [7, 11) is 0. The Bertz CT molecular complexity index is 1270. The second-order valence-electron chi connectivity index (χ2n) is 8.05. The first-order chi connectivity index (χ1) is 15.5. The summed E-state index contributed by atoms with van der Waals surface area (Å²) in [5.74, 6) is -1.33. The Hall–Kier alpha value is -3.54. The third-order valence-corrected chi connectivity index (χ3v) is 5.93. The molecular formula is C26H26O6. The van der Waals surface area contributed by atoms with Crippen LogP contribution in [0.2, 0.25) is 0 Å². The lowest BCUT2D eigenvalue weighted by Crippen LogP contribution is -2.20. The van der Waals surface area contributed by atoms with Crippen LogP contribution in [0.15, 0.2) is 67.0 Å². The summed E-state index contributed by atoms with van der Waals surface area (Å²) < 4.78 is 10.9. The Balaban J connectivity index is 1.90. The SMILES string of the molecule is CCCCCCCC(c1c(O)c2ccccc2oc1=O)c1c(O)c2ccccc2oc1=O. The van der Waals surface area contributed by atoms with Gasteiger partial charge in [0.05, 0.1) is 21.9 Å². The molecule has 0 aliphatic rings. The summed E-state index contributed by atoms with van der Waals surface area (Å²) in [6.07, 6.45) is 5.22. The number of hydrogen-bond acceptors (Lipinski definition) is 6. The molecule has 2 N–H and O–H groups in total. The van der Waals surface area contributed by atoms with Crippen molar-refractivity contribution >= 4 is 21.9 Å². The van der Waals surface area contributed by atoms with Crippen LogP contribution in [0, 0.1) is 0 Å². The van der Waals surface area contributed by atoms with Crippen molar-refractivity contribution < 1.29 is 19.0 Å². The quantitative estimate of drug-likeness (QED) is 0.268. The number of hydrogen-bond donors (Lipinski definition) is 2. The fourth-order valence-electron chi connectivity index (χ4n) is 4.30. The van der Waals surface area contributed by atoms with E-state index in [9.17, 15) is 19.8 Å². The predicted octanol–water partition coefficient (Wildman–Crippen LogP) is 5.80. The standard InChI is InChI=1S/C26H26O6/c1-2-3-4-5-6-13-18(21-23(27)16-11-7-9-14-19(16)31-25(21)29)22-24(28)17-12-8-10-15-20(17)32-26(22)30/h7-12,14-15,18,27-28H,2-6,13H2,1H3. The maximum absolute atomic E-state index is 12.9. The van der Waals surface area contributed by atoms with E-state index in [4.69, 9.17) is 8.83 Å². The molecule has 0 saturated carbocycles. The van der Waals surface area contributed by atoms with Gasteiger partial charge in [0.2, 0.25) is 0 Å². The molecule has 32 heavy (non-hydrogen) atoms. The van der Waals surface area contributed by atoms with Gasteiger partial charge in [0.25, 0.3) is 0 Å². The molecule has 2 aromatic carbocycles. The summed E-state index contributed by atoms with van der Waals surface area (Å²) in [5.41, 5.74) is -1.00. The lowest BCUT2D eigenvalue weighted by Gasteiger charge is -2.19. The van der Waals surface area contributed by atoms with Crippen molar-refractivity contribution in [2.45, 2.75) is 51.4 Å². The highest BCUT2D eigenvalue weighted by Gasteiger charge is 2.30. The first-order valence-electron chi connectivity index (χ1n) is 11.0. The van der Waals surface area contributed by atoms with E-state index in [1.807, 2.05) is 0 Å². The van der Waals surface area contributed by atoms with Crippen LogP contribution in [-0.4, -0.2) is 10.2 Å². The minimum Gasteiger partial charge on any atom is -0.507 e. The zero-order chi connectivity index (χ0) is 22.7.